The first-order chi connectivity index (χ1) is 11.0. The van der Waals surface area contributed by atoms with Gasteiger partial charge >= 0.3 is 5.88 Å². The molecule has 3 rings (SSSR count). The van der Waals surface area contributed by atoms with Crippen LogP contribution >= 0.6 is 0 Å². The molecule has 0 aliphatic carbocycles. The molecule has 0 spiro atoms. The fraction of sp³-hybridized carbons (Fsp3) is 0.600. The van der Waals surface area contributed by atoms with Crippen LogP contribution in [0.4, 0.5) is 5.88 Å². The molecular weight excluding hydrogens is 302 g/mol. The predicted molar refractivity (Wildman–Crippen MR) is 79.7 cm³/mol. The monoisotopic (exact) mass is 321 g/mol. The summed E-state index contributed by atoms with van der Waals surface area (Å²) >= 11 is 0. The summed E-state index contributed by atoms with van der Waals surface area (Å²) in [4.78, 5) is 37.7. The summed E-state index contributed by atoms with van der Waals surface area (Å²) in [5.41, 5.74) is 0. The summed E-state index contributed by atoms with van der Waals surface area (Å²) in [7, 11) is 0. The molecule has 1 aromatic heterocycles. The van der Waals surface area contributed by atoms with Crippen LogP contribution in [0, 0.1) is 22.0 Å². The normalized spacial score (nSPS) is 19.5. The van der Waals surface area contributed by atoms with E-state index in [4.69, 9.17) is 4.42 Å². The highest BCUT2D eigenvalue weighted by molar-refractivity contribution is 5.94. The van der Waals surface area contributed by atoms with Gasteiger partial charge in [-0.05, 0) is 24.8 Å². The Morgan fingerprint density at radius 1 is 1.22 bits per heavy atom. The van der Waals surface area contributed by atoms with E-state index in [0.29, 0.717) is 19.0 Å². The highest BCUT2D eigenvalue weighted by Gasteiger charge is 2.39. The van der Waals surface area contributed by atoms with Crippen LogP contribution in [0.2, 0.25) is 0 Å². The van der Waals surface area contributed by atoms with Crippen LogP contribution in [0.3, 0.4) is 0 Å². The quantitative estimate of drug-likeness (QED) is 0.621. The number of rotatable bonds is 3. The molecule has 0 radical (unpaired) electrons. The maximum absolute atomic E-state index is 12.4. The predicted octanol–water partition coefficient (Wildman–Crippen LogP) is 1.52. The highest BCUT2D eigenvalue weighted by atomic mass is 16.6. The van der Waals surface area contributed by atoms with E-state index in [-0.39, 0.29) is 17.6 Å². The second kappa shape index (κ2) is 6.02. The van der Waals surface area contributed by atoms with E-state index in [0.717, 1.165) is 32.0 Å². The summed E-state index contributed by atoms with van der Waals surface area (Å²) in [6.07, 6.45) is 2.05. The number of hydrogen-bond acceptors (Lipinski definition) is 5. The zero-order valence-electron chi connectivity index (χ0n) is 12.9. The molecule has 0 atom stereocenters. The Morgan fingerprint density at radius 3 is 2.43 bits per heavy atom. The molecule has 1 aromatic rings. The molecule has 0 bridgehead atoms. The van der Waals surface area contributed by atoms with E-state index in [1.54, 1.807) is 0 Å². The molecular formula is C15H19N3O5. The lowest BCUT2D eigenvalue weighted by atomic mass is 9.94. The van der Waals surface area contributed by atoms with Gasteiger partial charge in [0.1, 0.15) is 4.92 Å². The summed E-state index contributed by atoms with van der Waals surface area (Å²) in [5.74, 6) is -0.329. The fourth-order valence-corrected chi connectivity index (χ4v) is 2.98. The zero-order valence-corrected chi connectivity index (χ0v) is 12.9. The van der Waals surface area contributed by atoms with Gasteiger partial charge in [-0.2, -0.15) is 0 Å². The molecule has 2 amide bonds. The van der Waals surface area contributed by atoms with Crippen molar-refractivity contribution in [3.63, 3.8) is 0 Å². The van der Waals surface area contributed by atoms with E-state index in [9.17, 15) is 19.7 Å². The lowest BCUT2D eigenvalue weighted by Crippen LogP contribution is -2.57. The molecule has 23 heavy (non-hydrogen) atoms. The van der Waals surface area contributed by atoms with E-state index in [2.05, 4.69) is 6.92 Å². The number of likely N-dealkylation sites (tertiary alicyclic amines) is 2. The molecule has 3 heterocycles. The second-order valence-corrected chi connectivity index (χ2v) is 6.31. The maximum Gasteiger partial charge on any atom is 0.433 e. The van der Waals surface area contributed by atoms with Gasteiger partial charge in [-0.3, -0.25) is 19.7 Å². The molecule has 2 aliphatic rings. The standard InChI is InChI=1S/C15H19N3O5/c1-10-4-6-16(7-5-10)14(19)11-8-17(9-11)15(20)12-2-3-13(23-12)18(21)22/h2-3,10-11H,4-9H2,1H3. The van der Waals surface area contributed by atoms with Crippen molar-refractivity contribution in [2.24, 2.45) is 11.8 Å². The molecule has 0 aromatic carbocycles. The third kappa shape index (κ3) is 3.06. The third-order valence-electron chi connectivity index (χ3n) is 4.60. The van der Waals surface area contributed by atoms with Crippen molar-refractivity contribution < 1.29 is 18.9 Å². The van der Waals surface area contributed by atoms with Crippen LogP contribution in [-0.2, 0) is 4.79 Å². The van der Waals surface area contributed by atoms with Gasteiger partial charge in [0.05, 0.1) is 12.0 Å². The van der Waals surface area contributed by atoms with Crippen molar-refractivity contribution >= 4 is 17.7 Å². The van der Waals surface area contributed by atoms with Gasteiger partial charge in [-0.25, -0.2) is 0 Å². The minimum absolute atomic E-state index is 0.0607. The summed E-state index contributed by atoms with van der Waals surface area (Å²) < 4.78 is 4.90. The average Bonchev–Trinajstić information content (AvgIpc) is 2.96. The number of amides is 2. The van der Waals surface area contributed by atoms with Gasteiger partial charge in [0.2, 0.25) is 5.91 Å². The van der Waals surface area contributed by atoms with E-state index in [1.165, 1.54) is 11.0 Å². The van der Waals surface area contributed by atoms with Crippen LogP contribution < -0.4 is 0 Å². The zero-order chi connectivity index (χ0) is 16.6. The highest BCUT2D eigenvalue weighted by Crippen LogP contribution is 2.25. The Kier molecular flexibility index (Phi) is 4.06. The van der Waals surface area contributed by atoms with Gasteiger partial charge in [0.15, 0.2) is 5.76 Å². The van der Waals surface area contributed by atoms with Crippen molar-refractivity contribution in [3.05, 3.63) is 28.0 Å². The molecule has 8 heteroatoms. The van der Waals surface area contributed by atoms with Crippen molar-refractivity contribution in [2.45, 2.75) is 19.8 Å². The first-order valence-electron chi connectivity index (χ1n) is 7.78. The fourth-order valence-electron chi connectivity index (χ4n) is 2.98. The molecule has 8 nitrogen and oxygen atoms in total. The molecule has 2 fully saturated rings. The van der Waals surface area contributed by atoms with E-state index >= 15 is 0 Å². The van der Waals surface area contributed by atoms with Gasteiger partial charge < -0.3 is 14.2 Å². The number of nitrogens with zero attached hydrogens (tertiary/aromatic N) is 3. The van der Waals surface area contributed by atoms with Gasteiger partial charge in [-0.1, -0.05) is 6.92 Å². The van der Waals surface area contributed by atoms with E-state index in [1.807, 2.05) is 4.90 Å². The Balaban J connectivity index is 1.52. The third-order valence-corrected chi connectivity index (χ3v) is 4.60. The molecule has 124 valence electrons. The lowest BCUT2D eigenvalue weighted by molar-refractivity contribution is -0.402. The molecule has 0 unspecified atom stereocenters. The number of carbonyl (C=O) groups excluding carboxylic acids is 2. The number of hydrogen-bond donors (Lipinski definition) is 0. The van der Waals surface area contributed by atoms with E-state index < -0.39 is 16.7 Å². The van der Waals surface area contributed by atoms with Crippen molar-refractivity contribution in [2.75, 3.05) is 26.2 Å². The number of carbonyl (C=O) groups is 2. The number of nitro groups is 1. The van der Waals surface area contributed by atoms with Crippen LogP contribution in [0.15, 0.2) is 16.5 Å². The SMILES string of the molecule is CC1CCN(C(=O)C2CN(C(=O)c3ccc([N+](=O)[O-])o3)C2)CC1. The van der Waals surface area contributed by atoms with Gasteiger partial charge in [0, 0.05) is 26.2 Å². The van der Waals surface area contributed by atoms with Crippen molar-refractivity contribution in [1.29, 1.82) is 0 Å². The Labute approximate surface area is 133 Å². The Hall–Kier alpha value is -2.38. The largest absolute Gasteiger partial charge is 0.433 e. The van der Waals surface area contributed by atoms with Crippen LogP contribution in [0.25, 0.3) is 0 Å². The molecule has 2 saturated heterocycles. The molecule has 0 N–H and O–H groups in total. The van der Waals surface area contributed by atoms with Crippen LogP contribution in [-0.4, -0.2) is 52.7 Å². The Morgan fingerprint density at radius 2 is 1.87 bits per heavy atom. The van der Waals surface area contributed by atoms with Crippen molar-refractivity contribution in [1.82, 2.24) is 9.80 Å². The number of piperidine rings is 1. The van der Waals surface area contributed by atoms with Crippen molar-refractivity contribution in [3.8, 4) is 0 Å². The minimum atomic E-state index is -0.684. The minimum Gasteiger partial charge on any atom is -0.395 e. The topological polar surface area (TPSA) is 96.9 Å². The summed E-state index contributed by atoms with van der Waals surface area (Å²) in [6.45, 7) is 4.45. The second-order valence-electron chi connectivity index (χ2n) is 6.31. The smallest absolute Gasteiger partial charge is 0.395 e. The Bertz CT molecular complexity index is 627. The average molecular weight is 321 g/mol. The first-order valence-corrected chi connectivity index (χ1v) is 7.78. The number of furan rings is 1. The summed E-state index contributed by atoms with van der Waals surface area (Å²) in [6, 6.07) is 2.45. The van der Waals surface area contributed by atoms with Gasteiger partial charge in [0.25, 0.3) is 5.91 Å². The van der Waals surface area contributed by atoms with Gasteiger partial charge in [-0.15, -0.1) is 0 Å². The van der Waals surface area contributed by atoms with Crippen LogP contribution in [0.5, 0.6) is 0 Å². The summed E-state index contributed by atoms with van der Waals surface area (Å²) in [5, 5.41) is 10.6. The molecule has 2 aliphatic heterocycles. The maximum atomic E-state index is 12.4. The first kappa shape index (κ1) is 15.5. The molecule has 0 saturated carbocycles. The van der Waals surface area contributed by atoms with Crippen LogP contribution in [0.1, 0.15) is 30.3 Å². The lowest BCUT2D eigenvalue weighted by Gasteiger charge is -2.41.